The minimum Gasteiger partial charge on any atom is -0.466 e. The van der Waals surface area contributed by atoms with E-state index in [1.807, 2.05) is 35.3 Å². The summed E-state index contributed by atoms with van der Waals surface area (Å²) in [7, 11) is 0. The van der Waals surface area contributed by atoms with E-state index in [1.54, 1.807) is 6.92 Å². The van der Waals surface area contributed by atoms with Crippen LogP contribution in [0.3, 0.4) is 0 Å². The highest BCUT2D eigenvalue weighted by Crippen LogP contribution is 2.52. The SMILES string of the molecule is CCOC(=O)[C@@H]1[C@H]2C(=O)N(CCc3ccccc3)C[C@@]23C=C[C@H]1O3. The largest absolute Gasteiger partial charge is 0.466 e. The smallest absolute Gasteiger partial charge is 0.312 e. The van der Waals surface area contributed by atoms with Gasteiger partial charge in [-0.25, -0.2) is 0 Å². The van der Waals surface area contributed by atoms with Crippen molar-refractivity contribution in [1.29, 1.82) is 0 Å². The van der Waals surface area contributed by atoms with Crippen molar-refractivity contribution in [3.8, 4) is 0 Å². The van der Waals surface area contributed by atoms with Crippen molar-refractivity contribution in [3.63, 3.8) is 0 Å². The molecule has 0 aliphatic carbocycles. The first-order chi connectivity index (χ1) is 11.6. The fraction of sp³-hybridized carbons (Fsp3) is 0.474. The van der Waals surface area contributed by atoms with Crippen molar-refractivity contribution < 1.29 is 19.1 Å². The number of esters is 1. The fourth-order valence-electron chi connectivity index (χ4n) is 4.18. The van der Waals surface area contributed by atoms with Gasteiger partial charge < -0.3 is 14.4 Å². The normalized spacial score (nSPS) is 33.1. The van der Waals surface area contributed by atoms with Gasteiger partial charge >= 0.3 is 5.97 Å². The monoisotopic (exact) mass is 327 g/mol. The molecule has 3 aliphatic rings. The zero-order valence-electron chi connectivity index (χ0n) is 13.7. The van der Waals surface area contributed by atoms with Crippen LogP contribution in [0, 0.1) is 11.8 Å². The van der Waals surface area contributed by atoms with Crippen LogP contribution in [0.15, 0.2) is 42.5 Å². The number of carbonyl (C=O) groups excluding carboxylic acids is 2. The number of hydrogen-bond donors (Lipinski definition) is 0. The van der Waals surface area contributed by atoms with Gasteiger partial charge in [0.25, 0.3) is 0 Å². The molecular formula is C19H21NO4. The van der Waals surface area contributed by atoms with Crippen molar-refractivity contribution in [1.82, 2.24) is 4.90 Å². The Kier molecular flexibility index (Phi) is 3.68. The van der Waals surface area contributed by atoms with Crippen LogP contribution in [0.5, 0.6) is 0 Å². The third-order valence-corrected chi connectivity index (χ3v) is 5.25. The minimum absolute atomic E-state index is 0.0100. The summed E-state index contributed by atoms with van der Waals surface area (Å²) < 4.78 is 11.2. The molecule has 2 fully saturated rings. The Morgan fingerprint density at radius 1 is 1.38 bits per heavy atom. The standard InChI is InChI=1S/C19H21NO4/c1-2-23-18(22)15-14-8-10-19(24-14)12-20(17(21)16(15)19)11-9-13-6-4-3-5-7-13/h3-8,10,14-16H,2,9,11-12H2,1H3/t14-,15+,16+,19+/m1/s1. The van der Waals surface area contributed by atoms with E-state index in [1.165, 1.54) is 5.56 Å². The molecule has 1 spiro atoms. The van der Waals surface area contributed by atoms with Crippen LogP contribution in [-0.4, -0.2) is 48.2 Å². The van der Waals surface area contributed by atoms with E-state index in [0.29, 0.717) is 19.7 Å². The van der Waals surface area contributed by atoms with Gasteiger partial charge in [0.1, 0.15) is 11.5 Å². The molecule has 0 aromatic heterocycles. The van der Waals surface area contributed by atoms with Gasteiger partial charge in [0, 0.05) is 6.54 Å². The molecule has 5 nitrogen and oxygen atoms in total. The molecule has 0 unspecified atom stereocenters. The van der Waals surface area contributed by atoms with Gasteiger partial charge in [-0.05, 0) is 18.9 Å². The van der Waals surface area contributed by atoms with Gasteiger partial charge in [0.2, 0.25) is 5.91 Å². The number of amides is 1. The first kappa shape index (κ1) is 15.4. The van der Waals surface area contributed by atoms with Gasteiger partial charge in [0.05, 0.1) is 25.2 Å². The number of carbonyl (C=O) groups is 2. The van der Waals surface area contributed by atoms with Crippen molar-refractivity contribution in [2.24, 2.45) is 11.8 Å². The summed E-state index contributed by atoms with van der Waals surface area (Å²) >= 11 is 0. The zero-order valence-corrected chi connectivity index (χ0v) is 13.7. The van der Waals surface area contributed by atoms with Crippen LogP contribution in [0.25, 0.3) is 0 Å². The van der Waals surface area contributed by atoms with Crippen LogP contribution in [0.1, 0.15) is 12.5 Å². The van der Waals surface area contributed by atoms with Gasteiger partial charge in [-0.3, -0.25) is 9.59 Å². The maximum absolute atomic E-state index is 12.9. The summed E-state index contributed by atoms with van der Waals surface area (Å²) in [6.45, 7) is 3.25. The number of nitrogens with zero attached hydrogens (tertiary/aromatic N) is 1. The maximum Gasteiger partial charge on any atom is 0.312 e. The van der Waals surface area contributed by atoms with Crippen molar-refractivity contribution in [2.75, 3.05) is 19.7 Å². The minimum atomic E-state index is -0.643. The molecule has 1 amide bonds. The molecule has 126 valence electrons. The molecule has 3 heterocycles. The predicted molar refractivity (Wildman–Crippen MR) is 87.1 cm³/mol. The Morgan fingerprint density at radius 2 is 2.17 bits per heavy atom. The van der Waals surface area contributed by atoms with E-state index in [9.17, 15) is 9.59 Å². The van der Waals surface area contributed by atoms with Gasteiger partial charge in [-0.2, -0.15) is 0 Å². The number of fused-ring (bicyclic) bond motifs is 1. The number of rotatable bonds is 5. The molecule has 0 saturated carbocycles. The molecule has 0 N–H and O–H groups in total. The third-order valence-electron chi connectivity index (χ3n) is 5.25. The lowest BCUT2D eigenvalue weighted by atomic mass is 9.77. The second kappa shape index (κ2) is 5.74. The van der Waals surface area contributed by atoms with E-state index in [4.69, 9.17) is 9.47 Å². The Bertz CT molecular complexity index is 686. The van der Waals surface area contributed by atoms with Crippen LogP contribution < -0.4 is 0 Å². The molecule has 1 aromatic rings. The predicted octanol–water partition coefficient (Wildman–Crippen LogP) is 1.57. The molecular weight excluding hydrogens is 306 g/mol. The summed E-state index contributed by atoms with van der Waals surface area (Å²) in [5, 5.41) is 0. The second-order valence-corrected chi connectivity index (χ2v) is 6.65. The summed E-state index contributed by atoms with van der Waals surface area (Å²) in [6, 6.07) is 10.1. The molecule has 4 rings (SSSR count). The molecule has 3 aliphatic heterocycles. The molecule has 24 heavy (non-hydrogen) atoms. The maximum atomic E-state index is 12.9. The summed E-state index contributed by atoms with van der Waals surface area (Å²) in [4.78, 5) is 27.0. The zero-order chi connectivity index (χ0) is 16.7. The summed E-state index contributed by atoms with van der Waals surface area (Å²) in [5.41, 5.74) is 0.554. The molecule has 1 aromatic carbocycles. The number of likely N-dealkylation sites (tertiary alicyclic amines) is 1. The van der Waals surface area contributed by atoms with Crippen molar-refractivity contribution >= 4 is 11.9 Å². The van der Waals surface area contributed by atoms with Crippen LogP contribution >= 0.6 is 0 Å². The van der Waals surface area contributed by atoms with Gasteiger partial charge in [-0.1, -0.05) is 42.5 Å². The Hall–Kier alpha value is -2.14. The summed E-state index contributed by atoms with van der Waals surface area (Å²) in [5.74, 6) is -1.26. The van der Waals surface area contributed by atoms with E-state index < -0.39 is 17.4 Å². The topological polar surface area (TPSA) is 55.8 Å². The molecule has 0 radical (unpaired) electrons. The van der Waals surface area contributed by atoms with E-state index in [0.717, 1.165) is 6.42 Å². The lowest BCUT2D eigenvalue weighted by Gasteiger charge is -2.22. The highest BCUT2D eigenvalue weighted by Gasteiger charge is 2.67. The van der Waals surface area contributed by atoms with E-state index in [-0.39, 0.29) is 18.0 Å². The number of hydrogen-bond acceptors (Lipinski definition) is 4. The Labute approximate surface area is 141 Å². The average Bonchev–Trinajstić information content (AvgIpc) is 3.22. The van der Waals surface area contributed by atoms with Crippen LogP contribution in [0.4, 0.5) is 0 Å². The Balaban J connectivity index is 1.51. The molecule has 4 atom stereocenters. The molecule has 2 bridgehead atoms. The Morgan fingerprint density at radius 3 is 2.92 bits per heavy atom. The van der Waals surface area contributed by atoms with E-state index >= 15 is 0 Å². The average molecular weight is 327 g/mol. The number of ether oxygens (including phenoxy) is 2. The highest BCUT2D eigenvalue weighted by atomic mass is 16.6. The summed E-state index contributed by atoms with van der Waals surface area (Å²) in [6.07, 6.45) is 4.35. The van der Waals surface area contributed by atoms with Gasteiger partial charge in [0.15, 0.2) is 0 Å². The quantitative estimate of drug-likeness (QED) is 0.608. The fourth-order valence-corrected chi connectivity index (χ4v) is 4.18. The lowest BCUT2D eigenvalue weighted by molar-refractivity contribution is -0.153. The highest BCUT2D eigenvalue weighted by molar-refractivity contribution is 5.91. The second-order valence-electron chi connectivity index (χ2n) is 6.65. The molecule has 5 heteroatoms. The van der Waals surface area contributed by atoms with Crippen LogP contribution in [-0.2, 0) is 25.5 Å². The van der Waals surface area contributed by atoms with Crippen molar-refractivity contribution in [3.05, 3.63) is 48.0 Å². The first-order valence-corrected chi connectivity index (χ1v) is 8.51. The lowest BCUT2D eigenvalue weighted by Crippen LogP contribution is -2.40. The van der Waals surface area contributed by atoms with Crippen LogP contribution in [0.2, 0.25) is 0 Å². The van der Waals surface area contributed by atoms with E-state index in [2.05, 4.69) is 12.1 Å². The third kappa shape index (κ3) is 2.26. The van der Waals surface area contributed by atoms with Crippen molar-refractivity contribution in [2.45, 2.75) is 25.0 Å². The number of benzene rings is 1. The van der Waals surface area contributed by atoms with Gasteiger partial charge in [-0.15, -0.1) is 0 Å². The first-order valence-electron chi connectivity index (χ1n) is 8.51. The molecule has 2 saturated heterocycles.